The highest BCUT2D eigenvalue weighted by molar-refractivity contribution is 5.76. The molecule has 2 rings (SSSR count). The van der Waals surface area contributed by atoms with E-state index < -0.39 is 0 Å². The molecule has 1 aliphatic heterocycles. The van der Waals surface area contributed by atoms with E-state index in [1.807, 2.05) is 6.92 Å². The molecule has 2 heterocycles. The number of carbonyl (C=O) groups is 1. The van der Waals surface area contributed by atoms with Gasteiger partial charge >= 0.3 is 12.0 Å². The van der Waals surface area contributed by atoms with Crippen LogP contribution in [0.5, 0.6) is 6.01 Å². The van der Waals surface area contributed by atoms with E-state index in [1.54, 1.807) is 12.4 Å². The fourth-order valence-corrected chi connectivity index (χ4v) is 2.87. The normalized spacial score (nSPS) is 24.6. The highest BCUT2D eigenvalue weighted by Crippen LogP contribution is 2.44. The minimum absolute atomic E-state index is 0.0265. The van der Waals surface area contributed by atoms with Crippen LogP contribution in [-0.2, 0) is 4.79 Å². The van der Waals surface area contributed by atoms with E-state index >= 15 is 0 Å². The van der Waals surface area contributed by atoms with Gasteiger partial charge < -0.3 is 4.74 Å². The highest BCUT2D eigenvalue weighted by Gasteiger charge is 2.53. The number of carbonyl (C=O) groups excluding carboxylic acids is 1. The summed E-state index contributed by atoms with van der Waals surface area (Å²) in [4.78, 5) is 22.7. The van der Waals surface area contributed by atoms with Crippen molar-refractivity contribution >= 4 is 5.97 Å². The van der Waals surface area contributed by atoms with Crippen molar-refractivity contribution in [2.75, 3.05) is 7.05 Å². The predicted octanol–water partition coefficient (Wildman–Crippen LogP) is 2.20. The Morgan fingerprint density at radius 3 is 2.30 bits per heavy atom. The Labute approximate surface area is 120 Å². The maximum atomic E-state index is 12.4. The summed E-state index contributed by atoms with van der Waals surface area (Å²) in [6.45, 7) is 10.3. The van der Waals surface area contributed by atoms with E-state index in [9.17, 15) is 4.79 Å². The topological polar surface area (TPSA) is 55.3 Å². The van der Waals surface area contributed by atoms with Gasteiger partial charge in [-0.3, -0.25) is 9.69 Å². The van der Waals surface area contributed by atoms with Crippen molar-refractivity contribution in [3.05, 3.63) is 18.0 Å². The zero-order chi connectivity index (χ0) is 15.1. The minimum Gasteiger partial charge on any atom is -0.391 e. The first kappa shape index (κ1) is 14.9. The molecule has 0 amide bonds. The van der Waals surface area contributed by atoms with E-state index in [2.05, 4.69) is 49.6 Å². The maximum absolute atomic E-state index is 12.4. The third-order valence-electron chi connectivity index (χ3n) is 4.56. The van der Waals surface area contributed by atoms with E-state index in [-0.39, 0.29) is 29.0 Å². The van der Waals surface area contributed by atoms with Crippen molar-refractivity contribution in [2.45, 2.75) is 52.1 Å². The Kier molecular flexibility index (Phi) is 3.58. The number of rotatable bonds is 2. The number of ether oxygens (including phenoxy) is 1. The fourth-order valence-electron chi connectivity index (χ4n) is 2.87. The van der Waals surface area contributed by atoms with Gasteiger partial charge in [-0.2, -0.15) is 0 Å². The first-order chi connectivity index (χ1) is 9.14. The molecule has 5 nitrogen and oxygen atoms in total. The summed E-state index contributed by atoms with van der Waals surface area (Å²) >= 11 is 0. The molecule has 1 atom stereocenters. The second-order valence-electron chi connectivity index (χ2n) is 6.75. The second-order valence-corrected chi connectivity index (χ2v) is 6.75. The lowest BCUT2D eigenvalue weighted by molar-refractivity contribution is -0.141. The molecule has 0 unspecified atom stereocenters. The summed E-state index contributed by atoms with van der Waals surface area (Å²) in [5, 5.41) is 0. The van der Waals surface area contributed by atoms with Gasteiger partial charge in [-0.25, -0.2) is 9.97 Å². The summed E-state index contributed by atoms with van der Waals surface area (Å²) in [5.74, 6) is -0.441. The molecule has 1 fully saturated rings. The third-order valence-corrected chi connectivity index (χ3v) is 4.56. The Hall–Kier alpha value is -1.49. The van der Waals surface area contributed by atoms with Crippen LogP contribution < -0.4 is 4.74 Å². The van der Waals surface area contributed by atoms with Gasteiger partial charge in [0.15, 0.2) is 0 Å². The third kappa shape index (κ3) is 2.54. The predicted molar refractivity (Wildman–Crippen MR) is 76.4 cm³/mol. The van der Waals surface area contributed by atoms with Crippen LogP contribution in [0, 0.1) is 12.8 Å². The molecule has 20 heavy (non-hydrogen) atoms. The standard InChI is InChI=1S/C15H23N3O2/c1-10-8-16-13(17-9-10)20-12(19)11-7-14(2,3)18(6)15(11,4)5/h8-9,11H,7H2,1-6H3/t11-/m0/s1. The van der Waals surface area contributed by atoms with Crippen molar-refractivity contribution in [2.24, 2.45) is 5.92 Å². The van der Waals surface area contributed by atoms with Crippen molar-refractivity contribution in [1.82, 2.24) is 14.9 Å². The van der Waals surface area contributed by atoms with Crippen LogP contribution in [0.3, 0.4) is 0 Å². The molecule has 1 aromatic heterocycles. The molecule has 0 N–H and O–H groups in total. The lowest BCUT2D eigenvalue weighted by Crippen LogP contribution is -2.48. The molecule has 1 aliphatic rings. The van der Waals surface area contributed by atoms with Crippen LogP contribution in [0.25, 0.3) is 0 Å². The average Bonchev–Trinajstić information content (AvgIpc) is 2.53. The number of hydrogen-bond acceptors (Lipinski definition) is 5. The highest BCUT2D eigenvalue weighted by atomic mass is 16.5. The van der Waals surface area contributed by atoms with E-state index in [4.69, 9.17) is 4.74 Å². The van der Waals surface area contributed by atoms with Gasteiger partial charge in [0.05, 0.1) is 5.92 Å². The maximum Gasteiger partial charge on any atom is 0.324 e. The summed E-state index contributed by atoms with van der Waals surface area (Å²) in [7, 11) is 2.05. The number of aryl methyl sites for hydroxylation is 1. The van der Waals surface area contributed by atoms with E-state index in [0.29, 0.717) is 0 Å². The summed E-state index contributed by atoms with van der Waals surface area (Å²) in [6.07, 6.45) is 4.05. The first-order valence-electron chi connectivity index (χ1n) is 6.89. The zero-order valence-electron chi connectivity index (χ0n) is 13.1. The number of likely N-dealkylation sites (tertiary alicyclic amines) is 1. The minimum atomic E-state index is -0.253. The van der Waals surface area contributed by atoms with Crippen LogP contribution in [0.4, 0.5) is 0 Å². The Morgan fingerprint density at radius 2 is 1.85 bits per heavy atom. The average molecular weight is 277 g/mol. The number of esters is 1. The van der Waals surface area contributed by atoms with Crippen LogP contribution >= 0.6 is 0 Å². The SMILES string of the molecule is Cc1cnc(OC(=O)[C@@H]2CC(C)(C)N(C)C2(C)C)nc1. The Morgan fingerprint density at radius 1 is 1.30 bits per heavy atom. The molecule has 0 radical (unpaired) electrons. The molecule has 1 aromatic rings. The van der Waals surface area contributed by atoms with Crippen molar-refractivity contribution in [3.8, 4) is 6.01 Å². The molecule has 0 spiro atoms. The smallest absolute Gasteiger partial charge is 0.324 e. The Balaban J connectivity index is 2.15. The summed E-state index contributed by atoms with van der Waals surface area (Å²) < 4.78 is 5.34. The van der Waals surface area contributed by atoms with Gasteiger partial charge in [-0.15, -0.1) is 0 Å². The number of nitrogens with zero attached hydrogens (tertiary/aromatic N) is 3. The fraction of sp³-hybridized carbons (Fsp3) is 0.667. The van der Waals surface area contributed by atoms with Crippen LogP contribution in [0.15, 0.2) is 12.4 Å². The van der Waals surface area contributed by atoms with Gasteiger partial charge in [-0.05, 0) is 53.7 Å². The van der Waals surface area contributed by atoms with E-state index in [0.717, 1.165) is 12.0 Å². The van der Waals surface area contributed by atoms with Crippen molar-refractivity contribution in [1.29, 1.82) is 0 Å². The van der Waals surface area contributed by atoms with Crippen LogP contribution in [0.1, 0.15) is 39.7 Å². The molecule has 1 saturated heterocycles. The van der Waals surface area contributed by atoms with Crippen molar-refractivity contribution in [3.63, 3.8) is 0 Å². The molecule has 0 aliphatic carbocycles. The quantitative estimate of drug-likeness (QED) is 0.776. The van der Waals surface area contributed by atoms with Crippen molar-refractivity contribution < 1.29 is 9.53 Å². The molecule has 0 saturated carbocycles. The lowest BCUT2D eigenvalue weighted by Gasteiger charge is -2.37. The molecule has 0 aromatic carbocycles. The first-order valence-corrected chi connectivity index (χ1v) is 6.89. The summed E-state index contributed by atoms with van der Waals surface area (Å²) in [6, 6.07) is 0.128. The zero-order valence-corrected chi connectivity index (χ0v) is 13.1. The molecule has 5 heteroatoms. The molecular weight excluding hydrogens is 254 g/mol. The Bertz CT molecular complexity index is 508. The number of aromatic nitrogens is 2. The molecular formula is C15H23N3O2. The van der Waals surface area contributed by atoms with Gasteiger partial charge in [0.25, 0.3) is 0 Å². The van der Waals surface area contributed by atoms with E-state index in [1.165, 1.54) is 0 Å². The number of hydrogen-bond donors (Lipinski definition) is 0. The van der Waals surface area contributed by atoms with Gasteiger partial charge in [0.1, 0.15) is 0 Å². The van der Waals surface area contributed by atoms with Crippen LogP contribution in [-0.4, -0.2) is 39.0 Å². The van der Waals surface area contributed by atoms with Crippen LogP contribution in [0.2, 0.25) is 0 Å². The monoisotopic (exact) mass is 277 g/mol. The lowest BCUT2D eigenvalue weighted by atomic mass is 9.87. The molecule has 110 valence electrons. The van der Waals surface area contributed by atoms with Gasteiger partial charge in [0.2, 0.25) is 0 Å². The second kappa shape index (κ2) is 4.81. The largest absolute Gasteiger partial charge is 0.391 e. The summed E-state index contributed by atoms with van der Waals surface area (Å²) in [5.41, 5.74) is 0.666. The van der Waals surface area contributed by atoms with Gasteiger partial charge in [-0.1, -0.05) is 0 Å². The molecule has 0 bridgehead atoms. The van der Waals surface area contributed by atoms with Gasteiger partial charge in [0, 0.05) is 23.5 Å².